The lowest BCUT2D eigenvalue weighted by molar-refractivity contribution is 0.0438. The molecule has 0 aliphatic heterocycles. The van der Waals surface area contributed by atoms with Crippen LogP contribution in [-0.4, -0.2) is 34.5 Å². The number of carbonyl (C=O) groups excluding carboxylic acids is 2. The molecule has 0 saturated heterocycles. The Morgan fingerprint density at radius 1 is 0.967 bits per heavy atom. The Hall–Kier alpha value is -3.59. The SMILES string of the molecule is COC(=O)c1ccc(COC(=O)c2cccc(S(=O)(=O)N(C)c3ccccc3)c2)o1. The van der Waals surface area contributed by atoms with Crippen LogP contribution in [0.2, 0.25) is 0 Å². The van der Waals surface area contributed by atoms with Crippen LogP contribution in [0.1, 0.15) is 26.7 Å². The molecule has 0 saturated carbocycles. The van der Waals surface area contributed by atoms with Crippen molar-refractivity contribution in [2.75, 3.05) is 18.5 Å². The molecule has 1 heterocycles. The summed E-state index contributed by atoms with van der Waals surface area (Å²) >= 11 is 0. The molecule has 9 heteroatoms. The van der Waals surface area contributed by atoms with E-state index in [0.717, 1.165) is 4.31 Å². The molecule has 0 amide bonds. The number of carbonyl (C=O) groups is 2. The first-order valence-corrected chi connectivity index (χ1v) is 10.2. The highest BCUT2D eigenvalue weighted by Crippen LogP contribution is 2.22. The molecule has 2 aromatic carbocycles. The van der Waals surface area contributed by atoms with Crippen LogP contribution in [-0.2, 0) is 26.1 Å². The van der Waals surface area contributed by atoms with E-state index < -0.39 is 22.0 Å². The van der Waals surface area contributed by atoms with Gasteiger partial charge in [-0.15, -0.1) is 0 Å². The zero-order chi connectivity index (χ0) is 21.7. The molecule has 0 spiro atoms. The van der Waals surface area contributed by atoms with Crippen molar-refractivity contribution >= 4 is 27.6 Å². The van der Waals surface area contributed by atoms with Crippen molar-refractivity contribution in [2.45, 2.75) is 11.5 Å². The Morgan fingerprint density at radius 2 is 1.70 bits per heavy atom. The number of sulfonamides is 1. The van der Waals surface area contributed by atoms with Crippen molar-refractivity contribution < 1.29 is 31.9 Å². The lowest BCUT2D eigenvalue weighted by Crippen LogP contribution is -2.26. The summed E-state index contributed by atoms with van der Waals surface area (Å²) in [7, 11) is -1.21. The van der Waals surface area contributed by atoms with Crippen LogP contribution in [0.15, 0.2) is 76.0 Å². The fourth-order valence-electron chi connectivity index (χ4n) is 2.60. The van der Waals surface area contributed by atoms with Gasteiger partial charge in [0.15, 0.2) is 0 Å². The first kappa shape index (κ1) is 21.1. The number of rotatable bonds is 7. The van der Waals surface area contributed by atoms with Gasteiger partial charge in [0.25, 0.3) is 10.0 Å². The van der Waals surface area contributed by atoms with Gasteiger partial charge in [-0.2, -0.15) is 0 Å². The number of esters is 2. The number of anilines is 1. The fraction of sp³-hybridized carbons (Fsp3) is 0.143. The van der Waals surface area contributed by atoms with Gasteiger partial charge in [-0.3, -0.25) is 4.31 Å². The van der Waals surface area contributed by atoms with Gasteiger partial charge in [-0.05, 0) is 42.5 Å². The van der Waals surface area contributed by atoms with Crippen LogP contribution in [0.5, 0.6) is 0 Å². The van der Waals surface area contributed by atoms with E-state index in [1.54, 1.807) is 30.3 Å². The Balaban J connectivity index is 1.73. The lowest BCUT2D eigenvalue weighted by Gasteiger charge is -2.19. The van der Waals surface area contributed by atoms with E-state index in [1.165, 1.54) is 50.6 Å². The lowest BCUT2D eigenvalue weighted by atomic mass is 10.2. The highest BCUT2D eigenvalue weighted by atomic mass is 32.2. The second-order valence-corrected chi connectivity index (χ2v) is 8.14. The predicted molar refractivity (Wildman–Crippen MR) is 108 cm³/mol. The molecule has 0 bridgehead atoms. The van der Waals surface area contributed by atoms with E-state index in [9.17, 15) is 18.0 Å². The molecule has 156 valence electrons. The van der Waals surface area contributed by atoms with Crippen LogP contribution in [0.25, 0.3) is 0 Å². The molecular weight excluding hydrogens is 410 g/mol. The van der Waals surface area contributed by atoms with Gasteiger partial charge < -0.3 is 13.9 Å². The minimum absolute atomic E-state index is 0.0133. The monoisotopic (exact) mass is 429 g/mol. The molecule has 0 atom stereocenters. The molecule has 8 nitrogen and oxygen atoms in total. The summed E-state index contributed by atoms with van der Waals surface area (Å²) in [4.78, 5) is 23.7. The maximum atomic E-state index is 12.9. The molecule has 0 radical (unpaired) electrons. The quantitative estimate of drug-likeness (QED) is 0.531. The number of hydrogen-bond acceptors (Lipinski definition) is 7. The highest BCUT2D eigenvalue weighted by molar-refractivity contribution is 7.92. The fourth-order valence-corrected chi connectivity index (χ4v) is 3.85. The van der Waals surface area contributed by atoms with Gasteiger partial charge in [0.2, 0.25) is 5.76 Å². The normalized spacial score (nSPS) is 11.0. The number of furan rings is 1. The number of methoxy groups -OCH3 is 1. The number of hydrogen-bond donors (Lipinski definition) is 0. The largest absolute Gasteiger partial charge is 0.463 e. The minimum Gasteiger partial charge on any atom is -0.463 e. The standard InChI is InChI=1S/C21H19NO7S/c1-22(16-8-4-3-5-9-16)30(25,26)18-10-6-7-15(13-18)20(23)28-14-17-11-12-19(29-17)21(24)27-2/h3-13H,14H2,1-2H3. The first-order chi connectivity index (χ1) is 14.3. The van der Waals surface area contributed by atoms with E-state index >= 15 is 0 Å². The number of ether oxygens (including phenoxy) is 2. The maximum Gasteiger partial charge on any atom is 0.373 e. The molecule has 0 aliphatic rings. The summed E-state index contributed by atoms with van der Waals surface area (Å²) in [5.41, 5.74) is 0.557. The van der Waals surface area contributed by atoms with Gasteiger partial charge in [-0.25, -0.2) is 18.0 Å². The summed E-state index contributed by atoms with van der Waals surface area (Å²) < 4.78 is 41.9. The van der Waals surface area contributed by atoms with E-state index in [4.69, 9.17) is 9.15 Å². The summed E-state index contributed by atoms with van der Waals surface area (Å²) in [5, 5.41) is 0. The Kier molecular flexibility index (Phi) is 6.22. The molecule has 30 heavy (non-hydrogen) atoms. The van der Waals surface area contributed by atoms with Crippen molar-refractivity contribution in [3.63, 3.8) is 0 Å². The summed E-state index contributed by atoms with van der Waals surface area (Å²) in [6.07, 6.45) is 0. The van der Waals surface area contributed by atoms with Crippen LogP contribution in [0.4, 0.5) is 5.69 Å². The van der Waals surface area contributed by atoms with Crippen molar-refractivity contribution in [3.8, 4) is 0 Å². The Labute approximate surface area is 173 Å². The van der Waals surface area contributed by atoms with E-state index in [1.807, 2.05) is 0 Å². The molecule has 3 aromatic rings. The molecule has 0 unspecified atom stereocenters. The molecular formula is C21H19NO7S. The van der Waals surface area contributed by atoms with E-state index in [-0.39, 0.29) is 28.6 Å². The van der Waals surface area contributed by atoms with Crippen molar-refractivity contribution in [2.24, 2.45) is 0 Å². The molecule has 3 rings (SSSR count). The average molecular weight is 429 g/mol. The second-order valence-electron chi connectivity index (χ2n) is 6.17. The Morgan fingerprint density at radius 3 is 2.40 bits per heavy atom. The van der Waals surface area contributed by atoms with Gasteiger partial charge in [0.1, 0.15) is 12.4 Å². The maximum absolute atomic E-state index is 12.9. The third-order valence-corrected chi connectivity index (χ3v) is 6.02. The third kappa shape index (κ3) is 4.52. The van der Waals surface area contributed by atoms with Crippen molar-refractivity contribution in [1.29, 1.82) is 0 Å². The number of para-hydroxylation sites is 1. The van der Waals surface area contributed by atoms with Crippen LogP contribution < -0.4 is 4.31 Å². The van der Waals surface area contributed by atoms with Gasteiger partial charge in [0, 0.05) is 7.05 Å². The Bertz CT molecular complexity index is 1150. The van der Waals surface area contributed by atoms with Gasteiger partial charge in [-0.1, -0.05) is 24.3 Å². The molecule has 1 aromatic heterocycles. The molecule has 0 fully saturated rings. The van der Waals surface area contributed by atoms with Crippen molar-refractivity contribution in [3.05, 3.63) is 83.8 Å². The van der Waals surface area contributed by atoms with E-state index in [2.05, 4.69) is 4.74 Å². The van der Waals surface area contributed by atoms with Crippen LogP contribution in [0, 0.1) is 0 Å². The van der Waals surface area contributed by atoms with E-state index in [0.29, 0.717) is 5.69 Å². The minimum atomic E-state index is -3.87. The smallest absolute Gasteiger partial charge is 0.373 e. The summed E-state index contributed by atoms with van der Waals surface area (Å²) in [6.45, 7) is -0.225. The first-order valence-electron chi connectivity index (χ1n) is 8.81. The molecule has 0 N–H and O–H groups in total. The third-order valence-electron chi connectivity index (χ3n) is 4.24. The van der Waals surface area contributed by atoms with Crippen molar-refractivity contribution in [1.82, 2.24) is 0 Å². The number of nitrogens with zero attached hydrogens (tertiary/aromatic N) is 1. The van der Waals surface area contributed by atoms with Gasteiger partial charge in [0.05, 0.1) is 23.3 Å². The zero-order valence-corrected chi connectivity index (χ0v) is 17.1. The highest BCUT2D eigenvalue weighted by Gasteiger charge is 2.23. The molecule has 0 aliphatic carbocycles. The zero-order valence-electron chi connectivity index (χ0n) is 16.3. The van der Waals surface area contributed by atoms with Gasteiger partial charge >= 0.3 is 11.9 Å². The summed E-state index contributed by atoms with van der Waals surface area (Å²) in [5.74, 6) is -1.14. The summed E-state index contributed by atoms with van der Waals surface area (Å²) in [6, 6.07) is 17.0. The van der Waals surface area contributed by atoms with Crippen LogP contribution in [0.3, 0.4) is 0 Å². The number of benzene rings is 2. The second kappa shape index (κ2) is 8.83. The topological polar surface area (TPSA) is 103 Å². The van der Waals surface area contributed by atoms with Crippen LogP contribution >= 0.6 is 0 Å². The average Bonchev–Trinajstić information content (AvgIpc) is 3.26. The predicted octanol–water partition coefficient (Wildman–Crippen LogP) is 3.25.